The maximum Gasteiger partial charge on any atom is 0.241 e. The highest BCUT2D eigenvalue weighted by molar-refractivity contribution is 7.89. The molecule has 0 radical (unpaired) electrons. The Balaban J connectivity index is 1.86. The van der Waals surface area contributed by atoms with Gasteiger partial charge in [0.05, 0.1) is 24.2 Å². The summed E-state index contributed by atoms with van der Waals surface area (Å²) in [4.78, 5) is 0.229. The van der Waals surface area contributed by atoms with Crippen molar-refractivity contribution in [3.05, 3.63) is 54.1 Å². The summed E-state index contributed by atoms with van der Waals surface area (Å²) in [5.74, 6) is 1.35. The Morgan fingerprint density at radius 3 is 2.33 bits per heavy atom. The quantitative estimate of drug-likeness (QED) is 0.836. The van der Waals surface area contributed by atoms with Crippen LogP contribution in [0.3, 0.4) is 0 Å². The third-order valence-electron chi connectivity index (χ3n) is 4.15. The molecule has 0 heterocycles. The molecule has 6 heteroatoms. The smallest absolute Gasteiger partial charge is 0.241 e. The van der Waals surface area contributed by atoms with Crippen LogP contribution in [0.1, 0.15) is 25.3 Å². The molecule has 1 aliphatic rings. The van der Waals surface area contributed by atoms with E-state index in [1.165, 1.54) is 0 Å². The van der Waals surface area contributed by atoms with Crippen molar-refractivity contribution in [1.29, 1.82) is 0 Å². The summed E-state index contributed by atoms with van der Waals surface area (Å²) in [6.07, 6.45) is 1.51. The van der Waals surface area contributed by atoms with Crippen molar-refractivity contribution >= 4 is 10.0 Å². The molecule has 0 bridgehead atoms. The van der Waals surface area contributed by atoms with Gasteiger partial charge >= 0.3 is 0 Å². The van der Waals surface area contributed by atoms with E-state index in [0.717, 1.165) is 18.4 Å². The van der Waals surface area contributed by atoms with Crippen LogP contribution in [0.5, 0.6) is 11.5 Å². The summed E-state index contributed by atoms with van der Waals surface area (Å²) in [5.41, 5.74) is 0.298. The van der Waals surface area contributed by atoms with Gasteiger partial charge in [0, 0.05) is 5.56 Å². The van der Waals surface area contributed by atoms with Crippen LogP contribution in [0.15, 0.2) is 53.4 Å². The zero-order chi connectivity index (χ0) is 17.2. The van der Waals surface area contributed by atoms with Gasteiger partial charge in [-0.1, -0.05) is 18.2 Å². The zero-order valence-corrected chi connectivity index (χ0v) is 14.6. The second kappa shape index (κ2) is 6.45. The first kappa shape index (κ1) is 16.8. The summed E-state index contributed by atoms with van der Waals surface area (Å²) in [6.45, 7) is 2.43. The second-order valence-electron chi connectivity index (χ2n) is 5.79. The van der Waals surface area contributed by atoms with Gasteiger partial charge in [0.2, 0.25) is 10.0 Å². The minimum atomic E-state index is -3.62. The highest BCUT2D eigenvalue weighted by Gasteiger charge is 2.49. The van der Waals surface area contributed by atoms with Crippen molar-refractivity contribution in [2.75, 3.05) is 13.7 Å². The maximum atomic E-state index is 12.7. The van der Waals surface area contributed by atoms with E-state index < -0.39 is 15.6 Å². The van der Waals surface area contributed by atoms with Gasteiger partial charge in [-0.05, 0) is 50.1 Å². The molecule has 0 saturated heterocycles. The summed E-state index contributed by atoms with van der Waals surface area (Å²) in [7, 11) is -2.03. The Labute approximate surface area is 142 Å². The average Bonchev–Trinajstić information content (AvgIpc) is 3.35. The minimum Gasteiger partial charge on any atom is -0.496 e. The van der Waals surface area contributed by atoms with E-state index in [1.807, 2.05) is 31.2 Å². The van der Waals surface area contributed by atoms with E-state index in [1.54, 1.807) is 31.4 Å². The lowest BCUT2D eigenvalue weighted by Gasteiger charge is -2.20. The zero-order valence-electron chi connectivity index (χ0n) is 13.8. The van der Waals surface area contributed by atoms with Crippen LogP contribution in [0.4, 0.5) is 0 Å². The number of nitrogens with one attached hydrogen (secondary N) is 1. The lowest BCUT2D eigenvalue weighted by Crippen LogP contribution is -2.35. The van der Waals surface area contributed by atoms with Gasteiger partial charge in [0.15, 0.2) is 0 Å². The Morgan fingerprint density at radius 2 is 1.75 bits per heavy atom. The van der Waals surface area contributed by atoms with E-state index in [0.29, 0.717) is 18.1 Å². The first-order valence-electron chi connectivity index (χ1n) is 7.91. The molecule has 0 atom stereocenters. The molecule has 1 aliphatic carbocycles. The fraction of sp³-hybridized carbons (Fsp3) is 0.333. The molecule has 1 fully saturated rings. The molecular formula is C18H21NO4S. The topological polar surface area (TPSA) is 64.6 Å². The highest BCUT2D eigenvalue weighted by Crippen LogP contribution is 2.49. The molecule has 3 rings (SSSR count). The predicted molar refractivity (Wildman–Crippen MR) is 91.8 cm³/mol. The number of para-hydroxylation sites is 1. The molecule has 1 saturated carbocycles. The summed E-state index contributed by atoms with van der Waals surface area (Å²) in [6, 6.07) is 14.0. The fourth-order valence-electron chi connectivity index (χ4n) is 2.79. The van der Waals surface area contributed by atoms with Crippen molar-refractivity contribution in [3.8, 4) is 11.5 Å². The normalized spacial score (nSPS) is 15.8. The predicted octanol–water partition coefficient (Wildman–Crippen LogP) is 3.06. The molecule has 0 aromatic heterocycles. The molecule has 2 aromatic carbocycles. The molecular weight excluding hydrogens is 326 g/mol. The van der Waals surface area contributed by atoms with Gasteiger partial charge in [-0.3, -0.25) is 0 Å². The molecule has 0 aliphatic heterocycles. The minimum absolute atomic E-state index is 0.229. The van der Waals surface area contributed by atoms with Gasteiger partial charge in [0.1, 0.15) is 11.5 Å². The molecule has 0 spiro atoms. The lowest BCUT2D eigenvalue weighted by molar-refractivity contribution is 0.340. The number of methoxy groups -OCH3 is 1. The number of ether oxygens (including phenoxy) is 2. The van der Waals surface area contributed by atoms with Crippen LogP contribution in [-0.4, -0.2) is 22.1 Å². The second-order valence-corrected chi connectivity index (χ2v) is 7.47. The van der Waals surface area contributed by atoms with Crippen LogP contribution >= 0.6 is 0 Å². The first-order valence-corrected chi connectivity index (χ1v) is 9.39. The Hall–Kier alpha value is -2.05. The Bertz CT molecular complexity index is 811. The van der Waals surface area contributed by atoms with Gasteiger partial charge < -0.3 is 9.47 Å². The molecule has 128 valence electrons. The van der Waals surface area contributed by atoms with E-state index >= 15 is 0 Å². The van der Waals surface area contributed by atoms with Crippen molar-refractivity contribution in [3.63, 3.8) is 0 Å². The molecule has 1 N–H and O–H groups in total. The highest BCUT2D eigenvalue weighted by atomic mass is 32.2. The van der Waals surface area contributed by atoms with E-state index in [-0.39, 0.29) is 4.90 Å². The number of rotatable bonds is 7. The van der Waals surface area contributed by atoms with Crippen LogP contribution in [-0.2, 0) is 15.6 Å². The molecule has 2 aromatic rings. The number of benzene rings is 2. The fourth-order valence-corrected chi connectivity index (χ4v) is 4.23. The maximum absolute atomic E-state index is 12.7. The van der Waals surface area contributed by atoms with Crippen molar-refractivity contribution < 1.29 is 17.9 Å². The molecule has 5 nitrogen and oxygen atoms in total. The van der Waals surface area contributed by atoms with Crippen LogP contribution in [0, 0.1) is 0 Å². The molecule has 0 amide bonds. The van der Waals surface area contributed by atoms with Crippen molar-refractivity contribution in [2.24, 2.45) is 0 Å². The lowest BCUT2D eigenvalue weighted by atomic mass is 10.1. The van der Waals surface area contributed by atoms with Gasteiger partial charge in [-0.2, -0.15) is 0 Å². The number of hydrogen-bond acceptors (Lipinski definition) is 4. The van der Waals surface area contributed by atoms with Gasteiger partial charge in [-0.25, -0.2) is 13.1 Å². The number of hydrogen-bond donors (Lipinski definition) is 1. The van der Waals surface area contributed by atoms with Crippen molar-refractivity contribution in [1.82, 2.24) is 4.72 Å². The van der Waals surface area contributed by atoms with E-state index in [4.69, 9.17) is 9.47 Å². The van der Waals surface area contributed by atoms with E-state index in [9.17, 15) is 8.42 Å². The monoisotopic (exact) mass is 347 g/mol. The summed E-state index contributed by atoms with van der Waals surface area (Å²) in [5, 5.41) is 0. The Kier molecular flexibility index (Phi) is 4.51. The van der Waals surface area contributed by atoms with Gasteiger partial charge in [-0.15, -0.1) is 0 Å². The van der Waals surface area contributed by atoms with Crippen LogP contribution in [0.25, 0.3) is 0 Å². The van der Waals surface area contributed by atoms with Crippen LogP contribution in [0.2, 0.25) is 0 Å². The molecule has 0 unspecified atom stereocenters. The third-order valence-corrected chi connectivity index (χ3v) is 5.70. The summed E-state index contributed by atoms with van der Waals surface area (Å²) < 4.78 is 39.1. The van der Waals surface area contributed by atoms with E-state index in [2.05, 4.69) is 4.72 Å². The van der Waals surface area contributed by atoms with Crippen LogP contribution < -0.4 is 14.2 Å². The average molecular weight is 347 g/mol. The van der Waals surface area contributed by atoms with Crippen molar-refractivity contribution in [2.45, 2.75) is 30.2 Å². The standard InChI is InChI=1S/C18H21NO4S/c1-3-23-14-8-10-15(11-9-14)24(20,21)19-18(12-13-18)16-6-4-5-7-17(16)22-2/h4-11,19H,3,12-13H2,1-2H3. The number of sulfonamides is 1. The first-order chi connectivity index (χ1) is 11.5. The largest absolute Gasteiger partial charge is 0.496 e. The third kappa shape index (κ3) is 3.25. The Morgan fingerprint density at radius 1 is 1.08 bits per heavy atom. The molecule has 24 heavy (non-hydrogen) atoms. The summed E-state index contributed by atoms with van der Waals surface area (Å²) >= 11 is 0. The SMILES string of the molecule is CCOc1ccc(S(=O)(=O)NC2(c3ccccc3OC)CC2)cc1. The van der Waals surface area contributed by atoms with Gasteiger partial charge in [0.25, 0.3) is 0 Å².